The lowest BCUT2D eigenvalue weighted by Crippen LogP contribution is -2.41. The molecule has 2 atom stereocenters. The van der Waals surface area contributed by atoms with Crippen molar-refractivity contribution in [3.05, 3.63) is 33.4 Å². The molecule has 1 amide bonds. The number of hydrogen-bond acceptors (Lipinski definition) is 2. The number of piperidine rings is 1. The summed E-state index contributed by atoms with van der Waals surface area (Å²) in [6.07, 6.45) is 2.18. The zero-order valence-corrected chi connectivity index (χ0v) is 12.4. The molecule has 0 saturated carbocycles. The Hall–Kier alpha value is -0.620. The van der Waals surface area contributed by atoms with Gasteiger partial charge in [0.25, 0.3) is 0 Å². The number of carbonyl (C=O) groups excluding carboxylic acids is 1. The molecular formula is C14H17IN2O. The molecule has 0 radical (unpaired) electrons. The summed E-state index contributed by atoms with van der Waals surface area (Å²) in [5.41, 5.74) is 1.22. The van der Waals surface area contributed by atoms with Gasteiger partial charge in [-0.1, -0.05) is 12.1 Å². The molecule has 1 aromatic rings. The van der Waals surface area contributed by atoms with E-state index in [1.807, 2.05) is 4.90 Å². The van der Waals surface area contributed by atoms with Gasteiger partial charge in [0.05, 0.1) is 5.92 Å². The molecule has 2 aliphatic heterocycles. The average molecular weight is 356 g/mol. The van der Waals surface area contributed by atoms with Crippen molar-refractivity contribution >= 4 is 28.5 Å². The van der Waals surface area contributed by atoms with Gasteiger partial charge < -0.3 is 10.2 Å². The number of halogens is 1. The maximum absolute atomic E-state index is 12.3. The van der Waals surface area contributed by atoms with E-state index in [9.17, 15) is 4.79 Å². The predicted octanol–water partition coefficient (Wildman–Crippen LogP) is 2.00. The maximum atomic E-state index is 12.3. The molecule has 0 bridgehead atoms. The molecule has 0 aliphatic carbocycles. The molecule has 0 spiro atoms. The van der Waals surface area contributed by atoms with Gasteiger partial charge in [0.1, 0.15) is 0 Å². The van der Waals surface area contributed by atoms with Crippen molar-refractivity contribution in [3.63, 3.8) is 0 Å². The summed E-state index contributed by atoms with van der Waals surface area (Å²) in [6, 6.07) is 8.81. The van der Waals surface area contributed by atoms with Crippen LogP contribution in [0.5, 0.6) is 0 Å². The van der Waals surface area contributed by atoms with Gasteiger partial charge in [0, 0.05) is 22.7 Å². The fourth-order valence-electron chi connectivity index (χ4n) is 2.95. The minimum atomic E-state index is 0.225. The van der Waals surface area contributed by atoms with Crippen LogP contribution in [0.4, 0.5) is 0 Å². The van der Waals surface area contributed by atoms with Crippen molar-refractivity contribution in [2.24, 2.45) is 5.92 Å². The molecule has 4 heteroatoms. The molecule has 96 valence electrons. The van der Waals surface area contributed by atoms with Gasteiger partial charge in [-0.15, -0.1) is 0 Å². The van der Waals surface area contributed by atoms with Crippen LogP contribution < -0.4 is 5.32 Å². The van der Waals surface area contributed by atoms with Crippen molar-refractivity contribution in [3.8, 4) is 0 Å². The topological polar surface area (TPSA) is 32.3 Å². The number of benzene rings is 1. The summed E-state index contributed by atoms with van der Waals surface area (Å²) < 4.78 is 1.24. The minimum Gasteiger partial charge on any atom is -0.336 e. The first kappa shape index (κ1) is 12.4. The zero-order chi connectivity index (χ0) is 12.5. The second-order valence-electron chi connectivity index (χ2n) is 5.15. The van der Waals surface area contributed by atoms with E-state index < -0.39 is 0 Å². The van der Waals surface area contributed by atoms with Gasteiger partial charge >= 0.3 is 0 Å². The average Bonchev–Trinajstić information content (AvgIpc) is 2.70. The van der Waals surface area contributed by atoms with E-state index in [1.54, 1.807) is 0 Å². The lowest BCUT2D eigenvalue weighted by atomic mass is 9.94. The monoisotopic (exact) mass is 356 g/mol. The maximum Gasteiger partial charge on any atom is 0.227 e. The Morgan fingerprint density at radius 1 is 1.33 bits per heavy atom. The highest BCUT2D eigenvalue weighted by Crippen LogP contribution is 2.27. The van der Waals surface area contributed by atoms with E-state index in [4.69, 9.17) is 0 Å². The number of carbonyl (C=O) groups is 1. The normalized spacial score (nSPS) is 27.4. The van der Waals surface area contributed by atoms with Crippen LogP contribution in [0.15, 0.2) is 24.3 Å². The van der Waals surface area contributed by atoms with Crippen LogP contribution in [-0.2, 0) is 11.3 Å². The zero-order valence-electron chi connectivity index (χ0n) is 10.2. The van der Waals surface area contributed by atoms with Crippen molar-refractivity contribution < 1.29 is 4.79 Å². The van der Waals surface area contributed by atoms with E-state index in [1.165, 1.54) is 9.13 Å². The largest absolute Gasteiger partial charge is 0.336 e. The number of nitrogens with zero attached hydrogens (tertiary/aromatic N) is 1. The van der Waals surface area contributed by atoms with Gasteiger partial charge in [0.15, 0.2) is 0 Å². The Labute approximate surface area is 121 Å². The second kappa shape index (κ2) is 5.17. The number of nitrogens with one attached hydrogen (secondary N) is 1. The number of fused-ring (bicyclic) bond motifs is 1. The molecule has 2 unspecified atom stereocenters. The lowest BCUT2D eigenvalue weighted by molar-refractivity contribution is -0.131. The third-order valence-corrected chi connectivity index (χ3v) is 4.64. The van der Waals surface area contributed by atoms with Crippen LogP contribution in [0.25, 0.3) is 0 Å². The van der Waals surface area contributed by atoms with E-state index >= 15 is 0 Å². The Balaban J connectivity index is 1.70. The van der Waals surface area contributed by atoms with Gasteiger partial charge in [-0.2, -0.15) is 0 Å². The van der Waals surface area contributed by atoms with Gasteiger partial charge in [-0.25, -0.2) is 0 Å². The molecule has 2 fully saturated rings. The summed E-state index contributed by atoms with van der Waals surface area (Å²) in [5.74, 6) is 0.563. The van der Waals surface area contributed by atoms with Gasteiger partial charge in [0.2, 0.25) is 5.91 Å². The summed E-state index contributed by atoms with van der Waals surface area (Å²) in [6.45, 7) is 2.69. The molecule has 2 heterocycles. The number of amides is 1. The van der Waals surface area contributed by atoms with Gasteiger partial charge in [-0.05, 0) is 59.7 Å². The second-order valence-corrected chi connectivity index (χ2v) is 6.40. The highest BCUT2D eigenvalue weighted by molar-refractivity contribution is 14.1. The summed E-state index contributed by atoms with van der Waals surface area (Å²) in [7, 11) is 0. The van der Waals surface area contributed by atoms with Crippen LogP contribution in [0.1, 0.15) is 18.4 Å². The van der Waals surface area contributed by atoms with Gasteiger partial charge in [-0.3, -0.25) is 4.79 Å². The van der Waals surface area contributed by atoms with Crippen LogP contribution in [0.2, 0.25) is 0 Å². The summed E-state index contributed by atoms with van der Waals surface area (Å²) in [5, 5.41) is 3.47. The van der Waals surface area contributed by atoms with E-state index in [0.717, 1.165) is 32.5 Å². The standard InChI is InChI=1S/C14H17IN2O/c15-11-5-3-10(4-6-11)8-17-9-13-12(14(17)18)2-1-7-16-13/h3-6,12-13,16H,1-2,7-9H2. The van der Waals surface area contributed by atoms with E-state index in [2.05, 4.69) is 52.2 Å². The van der Waals surface area contributed by atoms with E-state index in [-0.39, 0.29) is 5.92 Å². The molecule has 1 aromatic carbocycles. The smallest absolute Gasteiger partial charge is 0.227 e. The van der Waals surface area contributed by atoms with Crippen LogP contribution >= 0.6 is 22.6 Å². The first-order valence-corrected chi connectivity index (χ1v) is 7.58. The molecule has 2 saturated heterocycles. The van der Waals surface area contributed by atoms with Crippen molar-refractivity contribution in [2.75, 3.05) is 13.1 Å². The highest BCUT2D eigenvalue weighted by Gasteiger charge is 2.40. The highest BCUT2D eigenvalue weighted by atomic mass is 127. The number of hydrogen-bond donors (Lipinski definition) is 1. The Morgan fingerprint density at radius 2 is 2.11 bits per heavy atom. The van der Waals surface area contributed by atoms with E-state index in [0.29, 0.717) is 11.9 Å². The lowest BCUT2D eigenvalue weighted by Gasteiger charge is -2.23. The molecule has 2 aliphatic rings. The van der Waals surface area contributed by atoms with Crippen molar-refractivity contribution in [2.45, 2.75) is 25.4 Å². The molecule has 18 heavy (non-hydrogen) atoms. The third kappa shape index (κ3) is 2.40. The summed E-state index contributed by atoms with van der Waals surface area (Å²) in [4.78, 5) is 14.3. The van der Waals surface area contributed by atoms with Crippen molar-refractivity contribution in [1.82, 2.24) is 10.2 Å². The predicted molar refractivity (Wildman–Crippen MR) is 79.1 cm³/mol. The first-order chi connectivity index (χ1) is 8.74. The molecule has 3 nitrogen and oxygen atoms in total. The Kier molecular flexibility index (Phi) is 3.56. The third-order valence-electron chi connectivity index (χ3n) is 3.92. The van der Waals surface area contributed by atoms with Crippen molar-refractivity contribution in [1.29, 1.82) is 0 Å². The Morgan fingerprint density at radius 3 is 2.83 bits per heavy atom. The molecule has 3 rings (SSSR count). The van der Waals surface area contributed by atoms with Crippen LogP contribution in [0.3, 0.4) is 0 Å². The molecular weight excluding hydrogens is 339 g/mol. The quantitative estimate of drug-likeness (QED) is 0.823. The first-order valence-electron chi connectivity index (χ1n) is 6.50. The SMILES string of the molecule is O=C1C2CCCNC2CN1Cc1ccc(I)cc1. The Bertz CT molecular complexity index is 446. The summed E-state index contributed by atoms with van der Waals surface area (Å²) >= 11 is 2.30. The fraction of sp³-hybridized carbons (Fsp3) is 0.500. The number of rotatable bonds is 2. The minimum absolute atomic E-state index is 0.225. The van der Waals surface area contributed by atoms with Crippen LogP contribution in [-0.4, -0.2) is 29.9 Å². The molecule has 1 N–H and O–H groups in total. The van der Waals surface area contributed by atoms with Crippen LogP contribution in [0, 0.1) is 9.49 Å². The fourth-order valence-corrected chi connectivity index (χ4v) is 3.31. The number of likely N-dealkylation sites (tertiary alicyclic amines) is 1. The molecule has 0 aromatic heterocycles.